The van der Waals surface area contributed by atoms with Crippen LogP contribution in [0.4, 0.5) is 5.69 Å². The van der Waals surface area contributed by atoms with Crippen LogP contribution in [0.15, 0.2) is 29.2 Å². The van der Waals surface area contributed by atoms with Crippen LogP contribution < -0.4 is 5.73 Å². The van der Waals surface area contributed by atoms with Gasteiger partial charge >= 0.3 is 0 Å². The van der Waals surface area contributed by atoms with Crippen LogP contribution in [0.3, 0.4) is 0 Å². The van der Waals surface area contributed by atoms with Crippen molar-refractivity contribution in [3.8, 4) is 0 Å². The summed E-state index contributed by atoms with van der Waals surface area (Å²) in [5.41, 5.74) is 6.22. The van der Waals surface area contributed by atoms with Gasteiger partial charge < -0.3 is 10.5 Å². The van der Waals surface area contributed by atoms with Gasteiger partial charge in [-0.05, 0) is 31.2 Å². The summed E-state index contributed by atoms with van der Waals surface area (Å²) >= 11 is 0. The maximum absolute atomic E-state index is 11.8. The molecule has 2 unspecified atom stereocenters. The van der Waals surface area contributed by atoms with Crippen molar-refractivity contribution in [1.82, 2.24) is 0 Å². The Balaban J connectivity index is 2.74. The van der Waals surface area contributed by atoms with Gasteiger partial charge in [-0.2, -0.15) is 0 Å². The van der Waals surface area contributed by atoms with Crippen LogP contribution in [-0.2, 0) is 15.5 Å². The summed E-state index contributed by atoms with van der Waals surface area (Å²) in [4.78, 5) is 0.795. The smallest absolute Gasteiger partial charge is 0.0607 e. The number of rotatable bonds is 4. The Labute approximate surface area is 86.7 Å². The zero-order valence-corrected chi connectivity index (χ0v) is 9.21. The van der Waals surface area contributed by atoms with Crippen molar-refractivity contribution in [1.29, 1.82) is 0 Å². The van der Waals surface area contributed by atoms with Crippen LogP contribution in [0.5, 0.6) is 0 Å². The van der Waals surface area contributed by atoms with Crippen molar-refractivity contribution in [2.75, 3.05) is 19.5 Å². The second kappa shape index (κ2) is 5.12. The van der Waals surface area contributed by atoms with E-state index >= 15 is 0 Å². The summed E-state index contributed by atoms with van der Waals surface area (Å²) in [6.07, 6.45) is 0. The molecule has 0 aliphatic heterocycles. The van der Waals surface area contributed by atoms with Crippen LogP contribution in [0, 0.1) is 0 Å². The first-order valence-electron chi connectivity index (χ1n) is 4.40. The Kier molecular flexibility index (Phi) is 4.10. The van der Waals surface area contributed by atoms with Gasteiger partial charge in [0.25, 0.3) is 0 Å². The third-order valence-corrected chi connectivity index (χ3v) is 3.48. The largest absolute Gasteiger partial charge is 0.399 e. The number of nitrogens with two attached hydrogens (primary N) is 1. The van der Waals surface area contributed by atoms with E-state index in [0.717, 1.165) is 4.90 Å². The van der Waals surface area contributed by atoms with Crippen molar-refractivity contribution in [3.05, 3.63) is 24.3 Å². The van der Waals surface area contributed by atoms with Gasteiger partial charge in [0.2, 0.25) is 0 Å². The molecule has 0 saturated heterocycles. The molecular formula is C10H15NO2S. The van der Waals surface area contributed by atoms with E-state index in [1.807, 2.05) is 6.92 Å². The lowest BCUT2D eigenvalue weighted by Crippen LogP contribution is -2.16. The molecule has 4 heteroatoms. The van der Waals surface area contributed by atoms with E-state index in [1.54, 1.807) is 31.4 Å². The van der Waals surface area contributed by atoms with Gasteiger partial charge in [-0.1, -0.05) is 0 Å². The number of methoxy groups -OCH3 is 1. The van der Waals surface area contributed by atoms with E-state index in [4.69, 9.17) is 10.5 Å². The highest BCUT2D eigenvalue weighted by Gasteiger charge is 2.12. The molecule has 0 saturated carbocycles. The summed E-state index contributed by atoms with van der Waals surface area (Å²) in [5.74, 6) is 0. The number of benzene rings is 1. The molecule has 0 aliphatic carbocycles. The molecule has 0 spiro atoms. The monoisotopic (exact) mass is 213 g/mol. The highest BCUT2D eigenvalue weighted by molar-refractivity contribution is 7.85. The molecule has 0 fully saturated rings. The molecule has 2 N–H and O–H groups in total. The number of ether oxygens (including phenoxy) is 1. The van der Waals surface area contributed by atoms with Crippen molar-refractivity contribution < 1.29 is 8.95 Å². The minimum Gasteiger partial charge on any atom is -0.399 e. The van der Waals surface area contributed by atoms with Crippen molar-refractivity contribution in [2.24, 2.45) is 0 Å². The van der Waals surface area contributed by atoms with E-state index in [0.29, 0.717) is 12.3 Å². The molecule has 3 nitrogen and oxygen atoms in total. The van der Waals surface area contributed by atoms with Crippen LogP contribution in [0.2, 0.25) is 0 Å². The van der Waals surface area contributed by atoms with Crippen LogP contribution in [0.25, 0.3) is 0 Å². The Morgan fingerprint density at radius 2 is 2.00 bits per heavy atom. The number of nitrogen functional groups attached to an aromatic ring is 1. The molecule has 1 aromatic rings. The maximum atomic E-state index is 11.8. The number of hydrogen-bond donors (Lipinski definition) is 1. The molecule has 0 aromatic heterocycles. The lowest BCUT2D eigenvalue weighted by molar-refractivity contribution is 0.201. The summed E-state index contributed by atoms with van der Waals surface area (Å²) < 4.78 is 16.8. The van der Waals surface area contributed by atoms with Crippen LogP contribution in [-0.4, -0.2) is 23.2 Å². The average molecular weight is 213 g/mol. The summed E-state index contributed by atoms with van der Waals surface area (Å²) in [7, 11) is 0.591. The number of anilines is 1. The lowest BCUT2D eigenvalue weighted by Gasteiger charge is -2.09. The van der Waals surface area contributed by atoms with Gasteiger partial charge in [0.1, 0.15) is 0 Å². The molecule has 2 atom stereocenters. The third-order valence-electron chi connectivity index (χ3n) is 1.88. The van der Waals surface area contributed by atoms with Crippen molar-refractivity contribution >= 4 is 16.5 Å². The van der Waals surface area contributed by atoms with Crippen LogP contribution >= 0.6 is 0 Å². The van der Waals surface area contributed by atoms with Gasteiger partial charge in [-0.15, -0.1) is 0 Å². The van der Waals surface area contributed by atoms with Gasteiger partial charge in [0.15, 0.2) is 0 Å². The fourth-order valence-corrected chi connectivity index (χ4v) is 2.26. The van der Waals surface area contributed by atoms with E-state index in [1.165, 1.54) is 0 Å². The third kappa shape index (κ3) is 2.82. The molecule has 0 radical (unpaired) electrons. The second-order valence-electron chi connectivity index (χ2n) is 3.13. The predicted molar refractivity (Wildman–Crippen MR) is 58.6 cm³/mol. The standard InChI is InChI=1S/C10H15NO2S/c1-8(7-13-2)14(12)10-5-3-9(11)4-6-10/h3-6,8H,7,11H2,1-2H3. The molecular weight excluding hydrogens is 198 g/mol. The van der Waals surface area contributed by atoms with Gasteiger partial charge in [0.05, 0.1) is 22.7 Å². The quantitative estimate of drug-likeness (QED) is 0.769. The van der Waals surface area contributed by atoms with E-state index < -0.39 is 10.8 Å². The topological polar surface area (TPSA) is 52.3 Å². The second-order valence-corrected chi connectivity index (χ2v) is 5.00. The fourth-order valence-electron chi connectivity index (χ4n) is 1.13. The van der Waals surface area contributed by atoms with Gasteiger partial charge in [-0.3, -0.25) is 4.21 Å². The first-order valence-corrected chi connectivity index (χ1v) is 5.61. The average Bonchev–Trinajstić information content (AvgIpc) is 2.18. The molecule has 1 aromatic carbocycles. The van der Waals surface area contributed by atoms with Crippen molar-refractivity contribution in [2.45, 2.75) is 17.1 Å². The molecule has 1 rings (SSSR count). The van der Waals surface area contributed by atoms with E-state index in [2.05, 4.69) is 0 Å². The molecule has 14 heavy (non-hydrogen) atoms. The van der Waals surface area contributed by atoms with Crippen molar-refractivity contribution in [3.63, 3.8) is 0 Å². The maximum Gasteiger partial charge on any atom is 0.0607 e. The Bertz CT molecular complexity index is 310. The normalized spacial score (nSPS) is 15.0. The zero-order chi connectivity index (χ0) is 10.6. The highest BCUT2D eigenvalue weighted by atomic mass is 32.2. The minimum atomic E-state index is -1.02. The van der Waals surface area contributed by atoms with E-state index in [-0.39, 0.29) is 5.25 Å². The summed E-state index contributed by atoms with van der Waals surface area (Å²) in [6.45, 7) is 2.40. The first-order chi connectivity index (χ1) is 6.65. The molecule has 0 heterocycles. The Morgan fingerprint density at radius 1 is 1.43 bits per heavy atom. The molecule has 0 amide bonds. The summed E-state index contributed by atoms with van der Waals surface area (Å²) in [5, 5.41) is 0.00336. The minimum absolute atomic E-state index is 0.00336. The van der Waals surface area contributed by atoms with E-state index in [9.17, 15) is 4.21 Å². The van der Waals surface area contributed by atoms with Gasteiger partial charge in [-0.25, -0.2) is 0 Å². The van der Waals surface area contributed by atoms with Gasteiger partial charge in [0, 0.05) is 17.7 Å². The fraction of sp³-hybridized carbons (Fsp3) is 0.400. The Hall–Kier alpha value is -0.870. The van der Waals surface area contributed by atoms with Crippen LogP contribution in [0.1, 0.15) is 6.92 Å². The first kappa shape index (κ1) is 11.2. The highest BCUT2D eigenvalue weighted by Crippen LogP contribution is 2.13. The summed E-state index contributed by atoms with van der Waals surface area (Å²) in [6, 6.07) is 7.09. The lowest BCUT2D eigenvalue weighted by atomic mass is 10.3. The zero-order valence-electron chi connectivity index (χ0n) is 8.40. The molecule has 0 aliphatic rings. The molecule has 78 valence electrons. The predicted octanol–water partition coefficient (Wildman–Crippen LogP) is 1.41. The SMILES string of the molecule is COCC(C)S(=O)c1ccc(N)cc1. The Morgan fingerprint density at radius 3 is 2.50 bits per heavy atom. The number of hydrogen-bond acceptors (Lipinski definition) is 3. The molecule has 0 bridgehead atoms.